The highest BCUT2D eigenvalue weighted by molar-refractivity contribution is 6.79. The molecular weight excluding hydrogens is 193 g/mol. The Labute approximate surface area is 99.9 Å². The fourth-order valence-corrected chi connectivity index (χ4v) is 2.30. The van der Waals surface area contributed by atoms with Gasteiger partial charge in [0.15, 0.2) is 0 Å². The third-order valence-corrected chi connectivity index (χ3v) is 3.94. The van der Waals surface area contributed by atoms with E-state index in [1.165, 1.54) is 30.2 Å². The Morgan fingerprint density at radius 2 is 1.50 bits per heavy atom. The molecule has 0 saturated heterocycles. The fourth-order valence-electron chi connectivity index (χ4n) is 2.30. The highest BCUT2D eigenvalue weighted by Gasteiger charge is 2.17. The van der Waals surface area contributed by atoms with Crippen LogP contribution in [0, 0.1) is 0 Å². The Bertz CT molecular complexity index is 331. The number of benzene rings is 1. The van der Waals surface area contributed by atoms with Crippen LogP contribution in [0.2, 0.25) is 19.0 Å². The zero-order chi connectivity index (χ0) is 12.0. The van der Waals surface area contributed by atoms with Gasteiger partial charge < -0.3 is 4.90 Å². The summed E-state index contributed by atoms with van der Waals surface area (Å²) in [5.74, 6) is 0. The smallest absolute Gasteiger partial charge is 0.105 e. The molecule has 0 atom stereocenters. The molecule has 1 nitrogen and oxygen atoms in total. The van der Waals surface area contributed by atoms with Gasteiger partial charge in [-0.25, -0.2) is 0 Å². The monoisotopic (exact) mass is 216 g/mol. The number of hydrogen-bond donors (Lipinski definition) is 0. The SMILES string of the molecule is CC[B-](CC)(CC)/N=C(\C)c1ccccc1. The molecule has 0 aliphatic rings. The van der Waals surface area contributed by atoms with Gasteiger partial charge in [0.1, 0.15) is 6.28 Å². The average Bonchev–Trinajstić information content (AvgIpc) is 2.37. The van der Waals surface area contributed by atoms with Crippen molar-refractivity contribution >= 4 is 12.0 Å². The summed E-state index contributed by atoms with van der Waals surface area (Å²) in [6.45, 7) is 8.91. The molecule has 2 heteroatoms. The van der Waals surface area contributed by atoms with Crippen LogP contribution in [0.1, 0.15) is 33.3 Å². The van der Waals surface area contributed by atoms with Crippen LogP contribution in [-0.4, -0.2) is 12.0 Å². The molecule has 1 rings (SSSR count). The summed E-state index contributed by atoms with van der Waals surface area (Å²) < 4.78 is 0. The van der Waals surface area contributed by atoms with Crippen molar-refractivity contribution in [3.8, 4) is 0 Å². The predicted molar refractivity (Wildman–Crippen MR) is 75.9 cm³/mol. The number of hydrogen-bond acceptors (Lipinski definition) is 1. The molecule has 0 spiro atoms. The molecule has 0 saturated carbocycles. The molecule has 1 aromatic rings. The van der Waals surface area contributed by atoms with Crippen LogP contribution in [0.5, 0.6) is 0 Å². The highest BCUT2D eigenvalue weighted by atomic mass is 14.7. The fraction of sp³-hybridized carbons (Fsp3) is 0.500. The van der Waals surface area contributed by atoms with Crippen molar-refractivity contribution in [1.82, 2.24) is 0 Å². The standard InChI is InChI=1S/C14H23BN/c1-5-15(6-2,7-3)16-13(4)14-11-9-8-10-12-14/h8-12H,5-7H2,1-4H3/q-1/b16-13+. The Morgan fingerprint density at radius 3 is 1.94 bits per heavy atom. The van der Waals surface area contributed by atoms with Gasteiger partial charge in [0, 0.05) is 0 Å². The van der Waals surface area contributed by atoms with E-state index >= 15 is 0 Å². The lowest BCUT2D eigenvalue weighted by Gasteiger charge is -2.33. The van der Waals surface area contributed by atoms with Crippen molar-refractivity contribution in [2.45, 2.75) is 46.7 Å². The predicted octanol–water partition coefficient (Wildman–Crippen LogP) is 4.50. The zero-order valence-corrected chi connectivity index (χ0v) is 11.0. The second-order valence-corrected chi connectivity index (χ2v) is 4.72. The Balaban J connectivity index is 2.99. The summed E-state index contributed by atoms with van der Waals surface area (Å²) in [6.07, 6.45) is 2.99. The second-order valence-electron chi connectivity index (χ2n) is 4.72. The molecule has 16 heavy (non-hydrogen) atoms. The minimum absolute atomic E-state index is 0.543. The molecule has 1 aromatic carbocycles. The number of nitrogens with zero attached hydrogens (tertiary/aromatic N) is 1. The van der Waals surface area contributed by atoms with Crippen LogP contribution in [0.3, 0.4) is 0 Å². The lowest BCUT2D eigenvalue weighted by atomic mass is 9.30. The highest BCUT2D eigenvalue weighted by Crippen LogP contribution is 2.22. The van der Waals surface area contributed by atoms with Crippen molar-refractivity contribution in [2.24, 2.45) is 4.90 Å². The van der Waals surface area contributed by atoms with Gasteiger partial charge in [-0.1, -0.05) is 51.1 Å². The maximum atomic E-state index is 5.01. The van der Waals surface area contributed by atoms with E-state index in [-0.39, 0.29) is 0 Å². The average molecular weight is 216 g/mol. The van der Waals surface area contributed by atoms with Gasteiger partial charge in [-0.3, -0.25) is 0 Å². The van der Waals surface area contributed by atoms with Gasteiger partial charge in [-0.2, -0.15) is 19.0 Å². The van der Waals surface area contributed by atoms with Crippen molar-refractivity contribution < 1.29 is 0 Å². The molecule has 0 fully saturated rings. The second kappa shape index (κ2) is 5.88. The summed E-state index contributed by atoms with van der Waals surface area (Å²) in [5, 5.41) is 0. The molecule has 0 aliphatic heterocycles. The molecule has 88 valence electrons. The summed E-state index contributed by atoms with van der Waals surface area (Å²) in [7, 11) is 0. The Hall–Kier alpha value is -1.05. The molecule has 0 aromatic heterocycles. The number of rotatable bonds is 5. The molecule has 0 aliphatic carbocycles. The summed E-state index contributed by atoms with van der Waals surface area (Å²) >= 11 is 0. The molecule has 0 unspecified atom stereocenters. The molecule has 0 radical (unpaired) electrons. The van der Waals surface area contributed by atoms with Crippen molar-refractivity contribution in [3.05, 3.63) is 35.9 Å². The van der Waals surface area contributed by atoms with Crippen LogP contribution >= 0.6 is 0 Å². The van der Waals surface area contributed by atoms with Crippen LogP contribution in [0.4, 0.5) is 0 Å². The van der Waals surface area contributed by atoms with E-state index in [1.54, 1.807) is 0 Å². The maximum absolute atomic E-state index is 5.01. The van der Waals surface area contributed by atoms with Gasteiger partial charge in [0.2, 0.25) is 0 Å². The first-order valence-corrected chi connectivity index (χ1v) is 6.49. The lowest BCUT2D eigenvalue weighted by molar-refractivity contribution is 1.14. The van der Waals surface area contributed by atoms with Crippen LogP contribution in [-0.2, 0) is 0 Å². The van der Waals surface area contributed by atoms with Gasteiger partial charge in [0.25, 0.3) is 0 Å². The van der Waals surface area contributed by atoms with E-state index in [0.717, 1.165) is 0 Å². The van der Waals surface area contributed by atoms with E-state index in [4.69, 9.17) is 4.90 Å². The minimum atomic E-state index is -0.543. The van der Waals surface area contributed by atoms with Gasteiger partial charge in [-0.15, -0.1) is 0 Å². The molecule has 0 amide bonds. The van der Waals surface area contributed by atoms with E-state index in [2.05, 4.69) is 58.0 Å². The van der Waals surface area contributed by atoms with Crippen molar-refractivity contribution in [3.63, 3.8) is 0 Å². The molecule has 0 N–H and O–H groups in total. The van der Waals surface area contributed by atoms with Crippen LogP contribution in [0.15, 0.2) is 35.2 Å². The molecular formula is C14H23BN-. The summed E-state index contributed by atoms with van der Waals surface area (Å²) in [5.41, 5.74) is 2.44. The van der Waals surface area contributed by atoms with Gasteiger partial charge >= 0.3 is 0 Å². The molecule has 0 heterocycles. The van der Waals surface area contributed by atoms with Crippen LogP contribution in [0.25, 0.3) is 0 Å². The van der Waals surface area contributed by atoms with Gasteiger partial charge in [-0.05, 0) is 18.2 Å². The van der Waals surface area contributed by atoms with Gasteiger partial charge in [0.05, 0.1) is 0 Å². The minimum Gasteiger partial charge on any atom is -0.501 e. The largest absolute Gasteiger partial charge is 0.501 e. The first-order valence-electron chi connectivity index (χ1n) is 6.49. The summed E-state index contributed by atoms with van der Waals surface area (Å²) in [4.78, 5) is 5.01. The lowest BCUT2D eigenvalue weighted by Crippen LogP contribution is -2.30. The third kappa shape index (κ3) is 2.97. The first-order chi connectivity index (χ1) is 7.67. The van der Waals surface area contributed by atoms with E-state index in [1.807, 2.05) is 0 Å². The topological polar surface area (TPSA) is 12.4 Å². The molecule has 0 bridgehead atoms. The van der Waals surface area contributed by atoms with Crippen molar-refractivity contribution in [1.29, 1.82) is 0 Å². The van der Waals surface area contributed by atoms with E-state index in [0.29, 0.717) is 0 Å². The zero-order valence-electron chi connectivity index (χ0n) is 11.0. The normalized spacial score (nSPS) is 12.9. The van der Waals surface area contributed by atoms with Crippen LogP contribution < -0.4 is 0 Å². The Kier molecular flexibility index (Phi) is 4.79. The first kappa shape index (κ1) is 13.0. The quantitative estimate of drug-likeness (QED) is 0.507. The van der Waals surface area contributed by atoms with Crippen molar-refractivity contribution in [2.75, 3.05) is 0 Å². The summed E-state index contributed by atoms with van der Waals surface area (Å²) in [6, 6.07) is 10.5. The maximum Gasteiger partial charge on any atom is 0.105 e. The third-order valence-electron chi connectivity index (χ3n) is 3.94. The van der Waals surface area contributed by atoms with E-state index < -0.39 is 6.28 Å². The Morgan fingerprint density at radius 1 is 1.00 bits per heavy atom. The van der Waals surface area contributed by atoms with E-state index in [9.17, 15) is 0 Å².